The molecule has 0 fully saturated rings. The molecule has 0 aliphatic heterocycles. The number of carbonyl (C=O) groups excluding carboxylic acids is 1. The van der Waals surface area contributed by atoms with Gasteiger partial charge in [-0.15, -0.1) is 0 Å². The van der Waals surface area contributed by atoms with E-state index in [1.54, 1.807) is 26.2 Å². The van der Waals surface area contributed by atoms with Crippen molar-refractivity contribution in [1.29, 1.82) is 0 Å². The Bertz CT molecular complexity index is 977. The number of anilines is 1. The van der Waals surface area contributed by atoms with Crippen molar-refractivity contribution >= 4 is 32.6 Å². The molecule has 8 heteroatoms. The van der Waals surface area contributed by atoms with Crippen LogP contribution in [0.5, 0.6) is 17.2 Å². The molecule has 2 aromatic carbocycles. The van der Waals surface area contributed by atoms with E-state index in [-0.39, 0.29) is 12.3 Å². The van der Waals surface area contributed by atoms with Gasteiger partial charge < -0.3 is 19.1 Å². The molecule has 1 amide bonds. The summed E-state index contributed by atoms with van der Waals surface area (Å²) in [5, 5.41) is 0.648. The average molecular weight is 444 g/mol. The number of benzene rings is 2. The minimum absolute atomic E-state index is 0.000845. The lowest BCUT2D eigenvalue weighted by atomic mass is 10.1. The monoisotopic (exact) mass is 443 g/mol. The normalized spacial score (nSPS) is 11.0. The van der Waals surface area contributed by atoms with Crippen LogP contribution in [0, 0.1) is 0 Å². The van der Waals surface area contributed by atoms with Crippen molar-refractivity contribution in [1.82, 2.24) is 9.88 Å². The standard InChI is InChI=1S/C23H29N3O4S/c1-25(2)13-6-14-26(20(27)15-16-7-9-17(28-3)10-8-16)23-24-21-18(29-4)11-12-19(30-5)22(21)31-23/h7-12H,6,13-15H2,1-5H3. The Morgan fingerprint density at radius 3 is 2.23 bits per heavy atom. The minimum atomic E-state index is 0.000845. The van der Waals surface area contributed by atoms with E-state index in [1.165, 1.54) is 11.3 Å². The Morgan fingerprint density at radius 1 is 0.935 bits per heavy atom. The zero-order chi connectivity index (χ0) is 22.4. The highest BCUT2D eigenvalue weighted by Gasteiger charge is 2.22. The van der Waals surface area contributed by atoms with Gasteiger partial charge in [0.2, 0.25) is 5.91 Å². The summed E-state index contributed by atoms with van der Waals surface area (Å²) in [6.07, 6.45) is 1.13. The Hall–Kier alpha value is -2.84. The molecule has 0 saturated heterocycles. The molecule has 0 spiro atoms. The van der Waals surface area contributed by atoms with Gasteiger partial charge in [0.25, 0.3) is 0 Å². The zero-order valence-electron chi connectivity index (χ0n) is 18.7. The van der Waals surface area contributed by atoms with Gasteiger partial charge in [0, 0.05) is 6.54 Å². The zero-order valence-corrected chi connectivity index (χ0v) is 19.5. The maximum Gasteiger partial charge on any atom is 0.233 e. The first-order chi connectivity index (χ1) is 15.0. The second kappa shape index (κ2) is 10.5. The third-order valence-corrected chi connectivity index (χ3v) is 6.03. The maximum absolute atomic E-state index is 13.3. The molecule has 0 radical (unpaired) electrons. The van der Waals surface area contributed by atoms with E-state index in [0.29, 0.717) is 22.9 Å². The summed E-state index contributed by atoms with van der Waals surface area (Å²) in [4.78, 5) is 22.0. The summed E-state index contributed by atoms with van der Waals surface area (Å²) in [5.74, 6) is 2.15. The number of carbonyl (C=O) groups is 1. The number of rotatable bonds is 10. The molecular weight excluding hydrogens is 414 g/mol. The molecular formula is C23H29N3O4S. The van der Waals surface area contributed by atoms with Crippen molar-refractivity contribution in [3.63, 3.8) is 0 Å². The second-order valence-electron chi connectivity index (χ2n) is 7.37. The van der Waals surface area contributed by atoms with Crippen molar-refractivity contribution in [2.75, 3.05) is 53.4 Å². The first kappa shape index (κ1) is 22.8. The fourth-order valence-electron chi connectivity index (χ4n) is 3.28. The lowest BCUT2D eigenvalue weighted by molar-refractivity contribution is -0.118. The first-order valence-corrected chi connectivity index (χ1v) is 10.9. The minimum Gasteiger partial charge on any atom is -0.497 e. The first-order valence-electron chi connectivity index (χ1n) is 10.1. The van der Waals surface area contributed by atoms with Gasteiger partial charge >= 0.3 is 0 Å². The molecule has 0 unspecified atom stereocenters. The largest absolute Gasteiger partial charge is 0.497 e. The Morgan fingerprint density at radius 2 is 1.61 bits per heavy atom. The van der Waals surface area contributed by atoms with Crippen LogP contribution >= 0.6 is 11.3 Å². The average Bonchev–Trinajstić information content (AvgIpc) is 3.21. The molecule has 3 rings (SSSR count). The molecule has 0 aliphatic rings. The summed E-state index contributed by atoms with van der Waals surface area (Å²) >= 11 is 1.45. The van der Waals surface area contributed by atoms with Crippen molar-refractivity contribution in [3.8, 4) is 17.2 Å². The summed E-state index contributed by atoms with van der Waals surface area (Å²) in [6.45, 7) is 1.46. The SMILES string of the molecule is COc1ccc(CC(=O)N(CCCN(C)C)c2nc3c(OC)ccc(OC)c3s2)cc1. The second-order valence-corrected chi connectivity index (χ2v) is 8.35. The summed E-state index contributed by atoms with van der Waals surface area (Å²) in [7, 11) is 8.92. The number of methoxy groups -OCH3 is 3. The third-order valence-electron chi connectivity index (χ3n) is 4.93. The number of hydrogen-bond acceptors (Lipinski definition) is 7. The predicted molar refractivity (Wildman–Crippen MR) is 125 cm³/mol. The lowest BCUT2D eigenvalue weighted by Crippen LogP contribution is -2.34. The van der Waals surface area contributed by atoms with Crippen LogP contribution in [0.15, 0.2) is 36.4 Å². The van der Waals surface area contributed by atoms with Gasteiger partial charge in [0.1, 0.15) is 27.5 Å². The Kier molecular flexibility index (Phi) is 7.70. The van der Waals surface area contributed by atoms with Gasteiger partial charge in [0.05, 0.1) is 27.8 Å². The highest BCUT2D eigenvalue weighted by molar-refractivity contribution is 7.22. The molecule has 3 aromatic rings. The highest BCUT2D eigenvalue weighted by atomic mass is 32.1. The molecule has 0 atom stereocenters. The van der Waals surface area contributed by atoms with Gasteiger partial charge in [-0.3, -0.25) is 9.69 Å². The van der Waals surface area contributed by atoms with Gasteiger partial charge in [-0.1, -0.05) is 23.5 Å². The number of amides is 1. The fraction of sp³-hybridized carbons (Fsp3) is 0.391. The van der Waals surface area contributed by atoms with Crippen LogP contribution in [0.25, 0.3) is 10.2 Å². The third kappa shape index (κ3) is 5.45. The molecule has 0 bridgehead atoms. The van der Waals surface area contributed by atoms with Gasteiger partial charge in [-0.05, 0) is 56.9 Å². The van der Waals surface area contributed by atoms with Gasteiger partial charge in [0.15, 0.2) is 5.13 Å². The van der Waals surface area contributed by atoms with Crippen molar-refractivity contribution in [2.45, 2.75) is 12.8 Å². The number of aromatic nitrogens is 1. The van der Waals surface area contributed by atoms with Crippen LogP contribution in [-0.2, 0) is 11.2 Å². The predicted octanol–water partition coefficient (Wildman–Crippen LogP) is 3.85. The highest BCUT2D eigenvalue weighted by Crippen LogP contribution is 2.40. The Labute approximate surface area is 187 Å². The lowest BCUT2D eigenvalue weighted by Gasteiger charge is -2.21. The van der Waals surface area contributed by atoms with Gasteiger partial charge in [-0.2, -0.15) is 0 Å². The summed E-state index contributed by atoms with van der Waals surface area (Å²) < 4.78 is 17.1. The van der Waals surface area contributed by atoms with Crippen molar-refractivity contribution in [2.24, 2.45) is 0 Å². The molecule has 0 saturated carbocycles. The molecule has 0 aliphatic carbocycles. The van der Waals surface area contributed by atoms with Gasteiger partial charge in [-0.25, -0.2) is 4.98 Å². The quantitative estimate of drug-likeness (QED) is 0.474. The fourth-order valence-corrected chi connectivity index (χ4v) is 4.39. The van der Waals surface area contributed by atoms with Crippen LogP contribution in [0.2, 0.25) is 0 Å². The van der Waals surface area contributed by atoms with E-state index >= 15 is 0 Å². The van der Waals surface area contributed by atoms with E-state index in [0.717, 1.165) is 34.7 Å². The topological polar surface area (TPSA) is 64.1 Å². The van der Waals surface area contributed by atoms with Crippen LogP contribution in [0.4, 0.5) is 5.13 Å². The summed E-state index contributed by atoms with van der Waals surface area (Å²) in [5.41, 5.74) is 1.64. The smallest absolute Gasteiger partial charge is 0.233 e. The van der Waals surface area contributed by atoms with Crippen LogP contribution < -0.4 is 19.1 Å². The van der Waals surface area contributed by atoms with E-state index in [4.69, 9.17) is 19.2 Å². The number of ether oxygens (including phenoxy) is 3. The molecule has 1 heterocycles. The summed E-state index contributed by atoms with van der Waals surface area (Å²) in [6, 6.07) is 11.3. The molecule has 0 N–H and O–H groups in total. The van der Waals surface area contributed by atoms with E-state index < -0.39 is 0 Å². The van der Waals surface area contributed by atoms with E-state index in [1.807, 2.05) is 50.5 Å². The van der Waals surface area contributed by atoms with Crippen molar-refractivity contribution < 1.29 is 19.0 Å². The Balaban J connectivity index is 1.92. The number of hydrogen-bond donors (Lipinski definition) is 0. The van der Waals surface area contributed by atoms with Crippen LogP contribution in [0.1, 0.15) is 12.0 Å². The van der Waals surface area contributed by atoms with Crippen LogP contribution in [0.3, 0.4) is 0 Å². The van der Waals surface area contributed by atoms with E-state index in [2.05, 4.69) is 4.90 Å². The number of fused-ring (bicyclic) bond motifs is 1. The van der Waals surface area contributed by atoms with Crippen LogP contribution in [-0.4, -0.2) is 64.3 Å². The molecule has 1 aromatic heterocycles. The molecule has 31 heavy (non-hydrogen) atoms. The van der Waals surface area contributed by atoms with E-state index in [9.17, 15) is 4.79 Å². The molecule has 166 valence electrons. The number of nitrogens with zero attached hydrogens (tertiary/aromatic N) is 3. The number of thiazole rings is 1. The maximum atomic E-state index is 13.3. The molecule has 7 nitrogen and oxygen atoms in total. The van der Waals surface area contributed by atoms with Crippen molar-refractivity contribution in [3.05, 3.63) is 42.0 Å².